The van der Waals surface area contributed by atoms with Crippen LogP contribution in [0.25, 0.3) is 0 Å². The van der Waals surface area contributed by atoms with Gasteiger partial charge in [0.1, 0.15) is 5.82 Å². The van der Waals surface area contributed by atoms with Crippen molar-refractivity contribution in [3.8, 4) is 0 Å². The molecular formula is C22H32IN5O2S. The summed E-state index contributed by atoms with van der Waals surface area (Å²) in [6.45, 7) is 7.95. The van der Waals surface area contributed by atoms with Crippen molar-refractivity contribution < 1.29 is 8.42 Å². The largest absolute Gasteiger partial charge is 0.353 e. The molecule has 2 aromatic rings. The number of nitrogens with one attached hydrogen (secondary N) is 1. The fourth-order valence-corrected chi connectivity index (χ4v) is 5.12. The lowest BCUT2D eigenvalue weighted by Gasteiger charge is -2.38. The van der Waals surface area contributed by atoms with E-state index >= 15 is 0 Å². The van der Waals surface area contributed by atoms with Gasteiger partial charge in [0.05, 0.1) is 10.6 Å². The van der Waals surface area contributed by atoms with Crippen molar-refractivity contribution >= 4 is 45.6 Å². The van der Waals surface area contributed by atoms with Crippen molar-refractivity contribution in [2.24, 2.45) is 4.99 Å². The van der Waals surface area contributed by atoms with Gasteiger partial charge >= 0.3 is 0 Å². The van der Waals surface area contributed by atoms with E-state index in [1.54, 1.807) is 24.3 Å². The highest BCUT2D eigenvalue weighted by Crippen LogP contribution is 2.15. The molecule has 0 amide bonds. The Morgan fingerprint density at radius 2 is 1.74 bits per heavy atom. The summed E-state index contributed by atoms with van der Waals surface area (Å²) < 4.78 is 25.6. The number of rotatable bonds is 7. The minimum atomic E-state index is -3.36. The van der Waals surface area contributed by atoms with Crippen molar-refractivity contribution in [2.45, 2.75) is 31.2 Å². The zero-order valence-electron chi connectivity index (χ0n) is 18.1. The fraction of sp³-hybridized carbons (Fsp3) is 0.455. The van der Waals surface area contributed by atoms with Crippen LogP contribution in [0.2, 0.25) is 0 Å². The predicted octanol–water partition coefficient (Wildman–Crippen LogP) is 3.04. The minimum Gasteiger partial charge on any atom is -0.353 e. The van der Waals surface area contributed by atoms with Crippen molar-refractivity contribution in [3.63, 3.8) is 0 Å². The molecule has 1 aliphatic heterocycles. The number of halogens is 1. The molecule has 1 fully saturated rings. The Labute approximate surface area is 202 Å². The van der Waals surface area contributed by atoms with E-state index in [2.05, 4.69) is 25.1 Å². The van der Waals surface area contributed by atoms with E-state index in [9.17, 15) is 8.42 Å². The van der Waals surface area contributed by atoms with Gasteiger partial charge in [-0.3, -0.25) is 4.99 Å². The quantitative estimate of drug-likeness (QED) is 0.321. The smallest absolute Gasteiger partial charge is 0.194 e. The summed E-state index contributed by atoms with van der Waals surface area (Å²) in [5.41, 5.74) is 0. The third-order valence-corrected chi connectivity index (χ3v) is 7.04. The van der Waals surface area contributed by atoms with Crippen molar-refractivity contribution in [2.75, 3.05) is 43.4 Å². The Morgan fingerprint density at radius 1 is 1.06 bits per heavy atom. The first-order valence-corrected chi connectivity index (χ1v) is 12.2. The molecule has 2 heterocycles. The van der Waals surface area contributed by atoms with Gasteiger partial charge in [0, 0.05) is 45.0 Å². The normalized spacial score (nSPS) is 15.9. The van der Waals surface area contributed by atoms with Crippen LogP contribution in [0.1, 0.15) is 20.3 Å². The molecule has 31 heavy (non-hydrogen) atoms. The van der Waals surface area contributed by atoms with Gasteiger partial charge in [0.2, 0.25) is 0 Å². The number of aliphatic imine (C=N–C) groups is 1. The van der Waals surface area contributed by atoms with Crippen LogP contribution in [-0.2, 0) is 9.84 Å². The Balaban J connectivity index is 0.00000341. The summed E-state index contributed by atoms with van der Waals surface area (Å²) >= 11 is 0. The van der Waals surface area contributed by atoms with Crippen LogP contribution in [0.4, 0.5) is 5.82 Å². The van der Waals surface area contributed by atoms with Gasteiger partial charge in [-0.1, -0.05) is 31.2 Å². The van der Waals surface area contributed by atoms with Crippen LogP contribution in [-0.4, -0.2) is 68.8 Å². The summed E-state index contributed by atoms with van der Waals surface area (Å²) in [5.74, 6) is 1.82. The molecule has 1 aromatic heterocycles. The van der Waals surface area contributed by atoms with E-state index in [1.807, 2.05) is 44.3 Å². The van der Waals surface area contributed by atoms with E-state index < -0.39 is 9.84 Å². The zero-order chi connectivity index (χ0) is 21.4. The maximum atomic E-state index is 12.8. The molecule has 0 spiro atoms. The summed E-state index contributed by atoms with van der Waals surface area (Å²) in [4.78, 5) is 13.9. The molecule has 1 aliphatic rings. The van der Waals surface area contributed by atoms with Crippen LogP contribution in [0.15, 0.2) is 64.6 Å². The van der Waals surface area contributed by atoms with Gasteiger partial charge < -0.3 is 15.1 Å². The van der Waals surface area contributed by atoms with E-state index in [0.29, 0.717) is 17.9 Å². The van der Waals surface area contributed by atoms with Gasteiger partial charge in [-0.15, -0.1) is 24.0 Å². The first kappa shape index (κ1) is 25.4. The molecule has 9 heteroatoms. The molecule has 1 saturated heterocycles. The lowest BCUT2D eigenvalue weighted by Crippen LogP contribution is -2.55. The van der Waals surface area contributed by atoms with E-state index in [4.69, 9.17) is 0 Å². The molecule has 0 bridgehead atoms. The standard InChI is InChI=1S/C22H31N5O2S.HI/c1-3-19(18-30(28,29)20-10-6-5-7-11-20)25-22(23-4-2)27-16-14-26(15-17-27)21-12-8-9-13-24-21;/h5-13,19H,3-4,14-18H2,1-2H3,(H,23,25);1H. The molecule has 0 radical (unpaired) electrons. The number of aromatic nitrogens is 1. The number of pyridine rings is 1. The second-order valence-corrected chi connectivity index (χ2v) is 9.34. The molecule has 1 N–H and O–H groups in total. The summed E-state index contributed by atoms with van der Waals surface area (Å²) in [5, 5.41) is 3.42. The molecule has 0 saturated carbocycles. The molecule has 1 aromatic carbocycles. The molecule has 3 rings (SSSR count). The highest BCUT2D eigenvalue weighted by atomic mass is 127. The summed E-state index contributed by atoms with van der Waals surface area (Å²) in [6.07, 6.45) is 2.51. The Hall–Kier alpha value is -1.88. The van der Waals surface area contributed by atoms with Crippen molar-refractivity contribution in [1.29, 1.82) is 0 Å². The average Bonchev–Trinajstić information content (AvgIpc) is 2.79. The zero-order valence-corrected chi connectivity index (χ0v) is 21.3. The van der Waals surface area contributed by atoms with Crippen molar-refractivity contribution in [3.05, 3.63) is 54.7 Å². The number of anilines is 1. The number of hydrogen-bond donors (Lipinski definition) is 1. The summed E-state index contributed by atoms with van der Waals surface area (Å²) in [7, 11) is -3.36. The molecule has 1 atom stereocenters. The Bertz CT molecular complexity index is 917. The SMILES string of the molecule is CCN=C(NC(CC)CS(=O)(=O)c1ccccc1)N1CCN(c2ccccn2)CC1.I. The minimum absolute atomic E-state index is 0. The van der Waals surface area contributed by atoms with E-state index in [1.165, 1.54) is 0 Å². The number of piperazine rings is 1. The summed E-state index contributed by atoms with van der Waals surface area (Å²) in [6, 6.07) is 14.4. The fourth-order valence-electron chi connectivity index (χ4n) is 3.51. The first-order valence-electron chi connectivity index (χ1n) is 10.5. The highest BCUT2D eigenvalue weighted by Gasteiger charge is 2.25. The lowest BCUT2D eigenvalue weighted by atomic mass is 10.2. The third-order valence-electron chi connectivity index (χ3n) is 5.21. The molecule has 1 unspecified atom stereocenters. The van der Waals surface area contributed by atoms with Crippen molar-refractivity contribution in [1.82, 2.24) is 15.2 Å². The Morgan fingerprint density at radius 3 is 2.32 bits per heavy atom. The van der Waals surface area contributed by atoms with Gasteiger partial charge in [0.25, 0.3) is 0 Å². The molecular weight excluding hydrogens is 525 g/mol. The monoisotopic (exact) mass is 557 g/mol. The predicted molar refractivity (Wildman–Crippen MR) is 137 cm³/mol. The molecule has 0 aliphatic carbocycles. The van der Waals surface area contributed by atoms with E-state index in [0.717, 1.165) is 38.0 Å². The topological polar surface area (TPSA) is 77.9 Å². The maximum Gasteiger partial charge on any atom is 0.194 e. The van der Waals surface area contributed by atoms with Gasteiger partial charge in [-0.05, 0) is 37.6 Å². The van der Waals surface area contributed by atoms with Gasteiger partial charge in [-0.2, -0.15) is 0 Å². The highest BCUT2D eigenvalue weighted by molar-refractivity contribution is 14.0. The van der Waals surface area contributed by atoms with Gasteiger partial charge in [0.15, 0.2) is 15.8 Å². The second kappa shape index (κ2) is 12.2. The molecule has 7 nitrogen and oxygen atoms in total. The number of nitrogens with zero attached hydrogens (tertiary/aromatic N) is 4. The van der Waals surface area contributed by atoms with Crippen LogP contribution >= 0.6 is 24.0 Å². The number of hydrogen-bond acceptors (Lipinski definition) is 5. The Kier molecular flexibility index (Phi) is 10.0. The average molecular weight is 558 g/mol. The second-order valence-electron chi connectivity index (χ2n) is 7.30. The van der Waals surface area contributed by atoms with Gasteiger partial charge in [-0.25, -0.2) is 13.4 Å². The number of sulfone groups is 1. The number of guanidine groups is 1. The number of benzene rings is 1. The van der Waals surface area contributed by atoms with Crippen LogP contribution < -0.4 is 10.2 Å². The van der Waals surface area contributed by atoms with Crippen LogP contribution in [0.3, 0.4) is 0 Å². The van der Waals surface area contributed by atoms with Crippen LogP contribution in [0.5, 0.6) is 0 Å². The third kappa shape index (κ3) is 7.06. The lowest BCUT2D eigenvalue weighted by molar-refractivity contribution is 0.365. The maximum absolute atomic E-state index is 12.8. The molecule has 170 valence electrons. The van der Waals surface area contributed by atoms with Crippen LogP contribution in [0, 0.1) is 0 Å². The first-order chi connectivity index (χ1) is 14.5. The van der Waals surface area contributed by atoms with E-state index in [-0.39, 0.29) is 35.8 Å².